The van der Waals surface area contributed by atoms with E-state index in [4.69, 9.17) is 19.4 Å². The van der Waals surface area contributed by atoms with Gasteiger partial charge in [-0.3, -0.25) is 0 Å². The highest BCUT2D eigenvalue weighted by molar-refractivity contribution is 6.13. The molecule has 1 aliphatic carbocycles. The Morgan fingerprint density at radius 2 is 0.797 bits per heavy atom. The molecule has 0 aliphatic heterocycles. The summed E-state index contributed by atoms with van der Waals surface area (Å²) < 4.78 is 6.58. The first-order chi connectivity index (χ1) is 31.5. The number of nitrogens with zero attached hydrogens (tertiary/aromatic N) is 3. The quantitative estimate of drug-likeness (QED) is 0.161. The smallest absolute Gasteiger partial charge is 0.164 e. The predicted octanol–water partition coefficient (Wildman–Crippen LogP) is 15.7. The number of benzene rings is 9. The second kappa shape index (κ2) is 15.0. The Labute approximate surface area is 372 Å². The van der Waals surface area contributed by atoms with Crippen molar-refractivity contribution in [3.8, 4) is 89.8 Å². The normalized spacial score (nSPS) is 12.7. The van der Waals surface area contributed by atoms with Crippen LogP contribution < -0.4 is 0 Å². The molecule has 0 N–H and O–H groups in total. The Morgan fingerprint density at radius 3 is 1.50 bits per heavy atom. The molecule has 0 saturated carbocycles. The molecule has 2 aromatic heterocycles. The summed E-state index contributed by atoms with van der Waals surface area (Å²) in [6.07, 6.45) is 0. The lowest BCUT2D eigenvalue weighted by atomic mass is 9.82. The van der Waals surface area contributed by atoms with Gasteiger partial charge in [-0.25, -0.2) is 15.0 Å². The third-order valence-corrected chi connectivity index (χ3v) is 12.9. The summed E-state index contributed by atoms with van der Waals surface area (Å²) in [4.78, 5) is 15.7. The van der Waals surface area contributed by atoms with E-state index < -0.39 is 0 Å². The summed E-state index contributed by atoms with van der Waals surface area (Å²) in [6, 6.07) is 74.9. The highest BCUT2D eigenvalue weighted by atomic mass is 16.3. The first-order valence-electron chi connectivity index (χ1n) is 21.8. The lowest BCUT2D eigenvalue weighted by molar-refractivity contribution is 0.660. The summed E-state index contributed by atoms with van der Waals surface area (Å²) in [6.45, 7) is 4.65. The van der Waals surface area contributed by atoms with E-state index in [0.717, 1.165) is 66.4 Å². The summed E-state index contributed by atoms with van der Waals surface area (Å²) in [5, 5.41) is 2.14. The summed E-state index contributed by atoms with van der Waals surface area (Å²) in [5.74, 6) is 1.77. The maximum Gasteiger partial charge on any atom is 0.164 e. The first kappa shape index (κ1) is 37.5. The minimum absolute atomic E-state index is 0.0982. The number of rotatable bonds is 7. The van der Waals surface area contributed by atoms with Crippen LogP contribution in [-0.4, -0.2) is 15.0 Å². The zero-order chi connectivity index (χ0) is 42.8. The lowest BCUT2D eigenvalue weighted by Crippen LogP contribution is -2.14. The molecule has 0 spiro atoms. The standard InChI is InChI=1S/C60H41N3O/c1-60(2)51-29-10-9-26-49(51)55-48(27-14-30-52(55)60)43-23-13-25-45(36-43)58-61-57(44-24-12-22-42(35-44)41-21-11-20-40(34-41)38-16-5-3-6-17-38)62-59(63-58)46-32-33-50-54(37-46)64-53-31-15-28-47(56(50)53)39-18-7-4-8-19-39/h3-37H,1-2H3. The highest BCUT2D eigenvalue weighted by Crippen LogP contribution is 2.52. The van der Waals surface area contributed by atoms with Gasteiger partial charge in [0.2, 0.25) is 0 Å². The van der Waals surface area contributed by atoms with Crippen LogP contribution in [0.4, 0.5) is 0 Å². The molecule has 4 heteroatoms. The number of fused-ring (bicyclic) bond motifs is 6. The second-order valence-electron chi connectivity index (χ2n) is 17.2. The van der Waals surface area contributed by atoms with Gasteiger partial charge >= 0.3 is 0 Å². The van der Waals surface area contributed by atoms with Gasteiger partial charge in [-0.15, -0.1) is 0 Å². The zero-order valence-corrected chi connectivity index (χ0v) is 35.5. The first-order valence-corrected chi connectivity index (χ1v) is 21.8. The van der Waals surface area contributed by atoms with Gasteiger partial charge in [-0.2, -0.15) is 0 Å². The molecule has 0 fully saturated rings. The highest BCUT2D eigenvalue weighted by Gasteiger charge is 2.36. The van der Waals surface area contributed by atoms with E-state index in [1.807, 2.05) is 18.2 Å². The van der Waals surface area contributed by atoms with E-state index in [1.165, 1.54) is 38.9 Å². The van der Waals surface area contributed by atoms with Crippen molar-refractivity contribution in [3.05, 3.63) is 223 Å². The van der Waals surface area contributed by atoms with Crippen LogP contribution in [0.2, 0.25) is 0 Å². The topological polar surface area (TPSA) is 51.8 Å². The van der Waals surface area contributed by atoms with Crippen LogP contribution in [0.25, 0.3) is 112 Å². The van der Waals surface area contributed by atoms with Crippen LogP contribution in [0, 0.1) is 0 Å². The van der Waals surface area contributed by atoms with E-state index in [0.29, 0.717) is 17.5 Å². The Morgan fingerprint density at radius 1 is 0.328 bits per heavy atom. The fraction of sp³-hybridized carbons (Fsp3) is 0.0500. The summed E-state index contributed by atoms with van der Waals surface area (Å²) >= 11 is 0. The van der Waals surface area contributed by atoms with Crippen LogP contribution >= 0.6 is 0 Å². The summed E-state index contributed by atoms with van der Waals surface area (Å²) in [7, 11) is 0. The zero-order valence-electron chi connectivity index (χ0n) is 35.5. The van der Waals surface area contributed by atoms with E-state index in [-0.39, 0.29) is 5.41 Å². The minimum atomic E-state index is -0.0982. The Kier molecular flexibility index (Phi) is 8.80. The molecule has 9 aromatic carbocycles. The third-order valence-electron chi connectivity index (χ3n) is 12.9. The van der Waals surface area contributed by atoms with Crippen LogP contribution in [0.15, 0.2) is 217 Å². The van der Waals surface area contributed by atoms with E-state index in [1.54, 1.807) is 0 Å². The van der Waals surface area contributed by atoms with Crippen molar-refractivity contribution in [1.29, 1.82) is 0 Å². The molecule has 0 unspecified atom stereocenters. The van der Waals surface area contributed by atoms with Crippen molar-refractivity contribution in [2.24, 2.45) is 0 Å². The van der Waals surface area contributed by atoms with Crippen molar-refractivity contribution >= 4 is 21.9 Å². The molecule has 12 rings (SSSR count). The molecule has 4 nitrogen and oxygen atoms in total. The molecule has 2 heterocycles. The SMILES string of the molecule is CC1(C)c2ccccc2-c2c(-c3cccc(-c4nc(-c5cccc(-c6cccc(-c7ccccc7)c6)c5)nc(-c5ccc6c(c5)oc5cccc(-c7ccccc7)c56)n4)c3)cccc21. The average Bonchev–Trinajstić information content (AvgIpc) is 3.86. The minimum Gasteiger partial charge on any atom is -0.456 e. The molecule has 0 amide bonds. The van der Waals surface area contributed by atoms with Crippen molar-refractivity contribution < 1.29 is 4.42 Å². The molecule has 0 saturated heterocycles. The second-order valence-corrected chi connectivity index (χ2v) is 17.2. The van der Waals surface area contributed by atoms with Gasteiger partial charge in [0.25, 0.3) is 0 Å². The van der Waals surface area contributed by atoms with Crippen LogP contribution in [0.5, 0.6) is 0 Å². The molecular weight excluding hydrogens is 779 g/mol. The van der Waals surface area contributed by atoms with Gasteiger partial charge in [-0.1, -0.05) is 190 Å². The van der Waals surface area contributed by atoms with Gasteiger partial charge < -0.3 is 4.42 Å². The predicted molar refractivity (Wildman–Crippen MR) is 263 cm³/mol. The number of hydrogen-bond donors (Lipinski definition) is 0. The molecule has 11 aromatic rings. The summed E-state index contributed by atoms with van der Waals surface area (Å²) in [5.41, 5.74) is 18.6. The maximum atomic E-state index is 6.58. The van der Waals surface area contributed by atoms with Gasteiger partial charge in [0.15, 0.2) is 17.5 Å². The molecule has 0 atom stereocenters. The Bertz CT molecular complexity index is 3590. The maximum absolute atomic E-state index is 6.58. The molecule has 64 heavy (non-hydrogen) atoms. The molecular formula is C60H41N3O. The van der Waals surface area contributed by atoms with Crippen LogP contribution in [0.3, 0.4) is 0 Å². The van der Waals surface area contributed by atoms with Crippen molar-refractivity contribution in [2.45, 2.75) is 19.3 Å². The third kappa shape index (κ3) is 6.34. The molecule has 0 bridgehead atoms. The van der Waals surface area contributed by atoms with Gasteiger partial charge in [0, 0.05) is 32.9 Å². The fourth-order valence-corrected chi connectivity index (χ4v) is 9.75. The monoisotopic (exact) mass is 819 g/mol. The average molecular weight is 820 g/mol. The number of hydrogen-bond acceptors (Lipinski definition) is 4. The molecule has 1 aliphatic rings. The van der Waals surface area contributed by atoms with Gasteiger partial charge in [0.1, 0.15) is 11.2 Å². The lowest BCUT2D eigenvalue weighted by Gasteiger charge is -2.21. The van der Waals surface area contributed by atoms with E-state index in [9.17, 15) is 0 Å². The van der Waals surface area contributed by atoms with E-state index >= 15 is 0 Å². The Hall–Kier alpha value is -8.21. The Balaban J connectivity index is 1.01. The van der Waals surface area contributed by atoms with Gasteiger partial charge in [0.05, 0.1) is 0 Å². The van der Waals surface area contributed by atoms with Crippen molar-refractivity contribution in [1.82, 2.24) is 15.0 Å². The van der Waals surface area contributed by atoms with Crippen molar-refractivity contribution in [3.63, 3.8) is 0 Å². The fourth-order valence-electron chi connectivity index (χ4n) is 9.75. The van der Waals surface area contributed by atoms with Gasteiger partial charge in [-0.05, 0) is 103 Å². The van der Waals surface area contributed by atoms with Crippen LogP contribution in [0.1, 0.15) is 25.0 Å². The largest absolute Gasteiger partial charge is 0.456 e. The number of furan rings is 1. The molecule has 0 radical (unpaired) electrons. The molecule has 302 valence electrons. The van der Waals surface area contributed by atoms with Crippen LogP contribution in [-0.2, 0) is 5.41 Å². The number of aromatic nitrogens is 3. The van der Waals surface area contributed by atoms with Crippen molar-refractivity contribution in [2.75, 3.05) is 0 Å². The van der Waals surface area contributed by atoms with E-state index in [2.05, 4.69) is 208 Å².